The molecule has 172 valence electrons. The molecule has 0 fully saturated rings. The van der Waals surface area contributed by atoms with Crippen molar-refractivity contribution in [2.45, 2.75) is 99.3 Å². The Morgan fingerprint density at radius 2 is 0.935 bits per heavy atom. The Balaban J connectivity index is 3.24. The fraction of sp³-hybridized carbons (Fsp3) is 0.586. The normalized spacial score (nSPS) is 14.1. The van der Waals surface area contributed by atoms with Crippen molar-refractivity contribution in [3.63, 3.8) is 0 Å². The van der Waals surface area contributed by atoms with Crippen LogP contribution >= 0.6 is 0 Å². The molecule has 0 heterocycles. The summed E-state index contributed by atoms with van der Waals surface area (Å²) in [6.45, 7) is 28.0. The number of anilines is 2. The minimum absolute atomic E-state index is 0.0629. The van der Waals surface area contributed by atoms with Crippen LogP contribution in [0.2, 0.25) is 0 Å². The summed E-state index contributed by atoms with van der Waals surface area (Å²) in [6.07, 6.45) is 0. The highest BCUT2D eigenvalue weighted by Crippen LogP contribution is 2.60. The third-order valence-corrected chi connectivity index (χ3v) is 6.74. The number of nitrogens with two attached hydrogens (primary N) is 2. The lowest BCUT2D eigenvalue weighted by atomic mass is 9.46. The van der Waals surface area contributed by atoms with Crippen LogP contribution < -0.4 is 11.5 Å². The summed E-state index contributed by atoms with van der Waals surface area (Å²) < 4.78 is 0. The number of nitrogen functional groups attached to an aromatic ring is 2. The average molecular weight is 423 g/mol. The van der Waals surface area contributed by atoms with Crippen LogP contribution in [0.1, 0.15) is 105 Å². The zero-order valence-electron chi connectivity index (χ0n) is 22.1. The van der Waals surface area contributed by atoms with Gasteiger partial charge in [0, 0.05) is 16.8 Å². The van der Waals surface area contributed by atoms with Crippen LogP contribution in [0.3, 0.4) is 0 Å². The van der Waals surface area contributed by atoms with Crippen molar-refractivity contribution in [3.8, 4) is 0 Å². The summed E-state index contributed by atoms with van der Waals surface area (Å²) in [5, 5.41) is 0. The second-order valence-corrected chi connectivity index (χ2v) is 13.3. The van der Waals surface area contributed by atoms with Crippen molar-refractivity contribution in [1.82, 2.24) is 0 Å². The molecule has 0 amide bonds. The minimum Gasteiger partial charge on any atom is -0.399 e. The van der Waals surface area contributed by atoms with Crippen molar-refractivity contribution in [2.24, 2.45) is 10.8 Å². The molecule has 0 aromatic heterocycles. The van der Waals surface area contributed by atoms with E-state index in [2.05, 4.69) is 107 Å². The molecule has 0 radical (unpaired) electrons. The Morgan fingerprint density at radius 3 is 1.29 bits per heavy atom. The molecule has 0 spiro atoms. The molecule has 0 atom stereocenters. The highest BCUT2D eigenvalue weighted by molar-refractivity contribution is 5.63. The first kappa shape index (κ1) is 25.3. The van der Waals surface area contributed by atoms with E-state index in [1.807, 2.05) is 12.1 Å². The van der Waals surface area contributed by atoms with Gasteiger partial charge in [0.25, 0.3) is 0 Å². The average Bonchev–Trinajstić information content (AvgIpc) is 2.53. The largest absolute Gasteiger partial charge is 0.399 e. The molecule has 0 aliphatic rings. The Hall–Kier alpha value is -1.96. The van der Waals surface area contributed by atoms with Crippen molar-refractivity contribution in [3.05, 3.63) is 58.7 Å². The first-order valence-corrected chi connectivity index (χ1v) is 11.6. The van der Waals surface area contributed by atoms with Crippen LogP contribution in [0, 0.1) is 10.8 Å². The quantitative estimate of drug-likeness (QED) is 0.484. The van der Waals surface area contributed by atoms with Gasteiger partial charge < -0.3 is 11.5 Å². The van der Waals surface area contributed by atoms with E-state index < -0.39 is 0 Å². The van der Waals surface area contributed by atoms with E-state index in [0.717, 1.165) is 11.4 Å². The van der Waals surface area contributed by atoms with E-state index in [1.165, 1.54) is 22.3 Å². The smallest absolute Gasteiger partial charge is 0.0355 e. The van der Waals surface area contributed by atoms with Crippen molar-refractivity contribution in [2.75, 3.05) is 11.5 Å². The maximum atomic E-state index is 6.68. The highest BCUT2D eigenvalue weighted by Gasteiger charge is 2.55. The van der Waals surface area contributed by atoms with Gasteiger partial charge in [-0.25, -0.2) is 0 Å². The van der Waals surface area contributed by atoms with Crippen LogP contribution in [-0.4, -0.2) is 0 Å². The summed E-state index contributed by atoms with van der Waals surface area (Å²) >= 11 is 0. The van der Waals surface area contributed by atoms with E-state index in [1.54, 1.807) is 0 Å². The third kappa shape index (κ3) is 4.23. The van der Waals surface area contributed by atoms with Gasteiger partial charge in [-0.05, 0) is 62.1 Å². The SMILES string of the molecule is CC(C)(C)c1c(N)ccc(C(c2ccc(N)cc2)(C(C)(C)C)C(C)(C)C)c1C(C)(C)C. The van der Waals surface area contributed by atoms with Gasteiger partial charge in [0.05, 0.1) is 0 Å². The minimum atomic E-state index is -0.260. The second-order valence-electron chi connectivity index (χ2n) is 13.3. The van der Waals surface area contributed by atoms with E-state index in [9.17, 15) is 0 Å². The molecule has 0 aliphatic heterocycles. The molecule has 2 aromatic rings. The Labute approximate surface area is 191 Å². The number of hydrogen-bond acceptors (Lipinski definition) is 2. The van der Waals surface area contributed by atoms with Crippen molar-refractivity contribution in [1.29, 1.82) is 0 Å². The monoisotopic (exact) mass is 422 g/mol. The van der Waals surface area contributed by atoms with E-state index in [4.69, 9.17) is 11.5 Å². The molecule has 0 bridgehead atoms. The molecule has 2 aromatic carbocycles. The Bertz CT molecular complexity index is 907. The molecule has 0 saturated heterocycles. The molecular weight excluding hydrogens is 376 g/mol. The molecule has 31 heavy (non-hydrogen) atoms. The summed E-state index contributed by atoms with van der Waals surface area (Å²) in [7, 11) is 0. The van der Waals surface area contributed by atoms with E-state index >= 15 is 0 Å². The predicted molar refractivity (Wildman–Crippen MR) is 139 cm³/mol. The van der Waals surface area contributed by atoms with Crippen LogP contribution in [0.25, 0.3) is 0 Å². The molecule has 0 aliphatic carbocycles. The van der Waals surface area contributed by atoms with Crippen molar-refractivity contribution < 1.29 is 0 Å². The van der Waals surface area contributed by atoms with Gasteiger partial charge in [-0.1, -0.05) is 101 Å². The fourth-order valence-electron chi connectivity index (χ4n) is 6.21. The lowest BCUT2D eigenvalue weighted by Crippen LogP contribution is -2.52. The van der Waals surface area contributed by atoms with Crippen LogP contribution in [-0.2, 0) is 16.2 Å². The molecule has 0 unspecified atom stereocenters. The van der Waals surface area contributed by atoms with Gasteiger partial charge in [-0.15, -0.1) is 0 Å². The number of hydrogen-bond donors (Lipinski definition) is 2. The van der Waals surface area contributed by atoms with Gasteiger partial charge in [-0.2, -0.15) is 0 Å². The number of benzene rings is 2. The van der Waals surface area contributed by atoms with E-state index in [0.29, 0.717) is 0 Å². The molecule has 0 saturated carbocycles. The van der Waals surface area contributed by atoms with Gasteiger partial charge >= 0.3 is 0 Å². The van der Waals surface area contributed by atoms with Gasteiger partial charge in [-0.3, -0.25) is 0 Å². The molecular formula is C29H46N2. The molecule has 2 nitrogen and oxygen atoms in total. The van der Waals surface area contributed by atoms with Crippen LogP contribution in [0.5, 0.6) is 0 Å². The van der Waals surface area contributed by atoms with E-state index in [-0.39, 0.29) is 27.1 Å². The zero-order valence-corrected chi connectivity index (χ0v) is 22.1. The Kier molecular flexibility index (Phi) is 6.18. The van der Waals surface area contributed by atoms with Crippen LogP contribution in [0.4, 0.5) is 11.4 Å². The van der Waals surface area contributed by atoms with Gasteiger partial charge in [0.1, 0.15) is 0 Å². The summed E-state index contributed by atoms with van der Waals surface area (Å²) in [4.78, 5) is 0. The maximum Gasteiger partial charge on any atom is 0.0355 e. The fourth-order valence-corrected chi connectivity index (χ4v) is 6.21. The summed E-state index contributed by atoms with van der Waals surface area (Å²) in [5.41, 5.74) is 19.3. The Morgan fingerprint density at radius 1 is 0.516 bits per heavy atom. The maximum absolute atomic E-state index is 6.68. The second kappa shape index (κ2) is 7.57. The molecule has 4 N–H and O–H groups in total. The summed E-state index contributed by atoms with van der Waals surface area (Å²) in [6, 6.07) is 13.0. The number of rotatable bonds is 2. The van der Waals surface area contributed by atoms with Crippen LogP contribution in [0.15, 0.2) is 36.4 Å². The first-order chi connectivity index (χ1) is 13.8. The standard InChI is InChI=1S/C29H46N2/c1-25(2,3)23-21(17-18-22(31)24(23)26(4,5)6)29(27(7,8)9,28(10,11)12)19-13-15-20(30)16-14-19/h13-18H,30-31H2,1-12H3. The third-order valence-electron chi connectivity index (χ3n) is 6.74. The lowest BCUT2D eigenvalue weighted by Gasteiger charge is -2.56. The van der Waals surface area contributed by atoms with Crippen molar-refractivity contribution >= 4 is 11.4 Å². The van der Waals surface area contributed by atoms with Gasteiger partial charge in [0.2, 0.25) is 0 Å². The molecule has 2 rings (SSSR count). The highest BCUT2D eigenvalue weighted by atomic mass is 14.6. The van der Waals surface area contributed by atoms with Gasteiger partial charge in [0.15, 0.2) is 0 Å². The molecule has 2 heteroatoms. The lowest BCUT2D eigenvalue weighted by molar-refractivity contribution is 0.0887. The summed E-state index contributed by atoms with van der Waals surface area (Å²) in [5.74, 6) is 0. The predicted octanol–water partition coefficient (Wildman–Crippen LogP) is 7.82. The topological polar surface area (TPSA) is 52.0 Å². The zero-order chi connectivity index (χ0) is 24.2. The first-order valence-electron chi connectivity index (χ1n) is 11.6.